The van der Waals surface area contributed by atoms with Gasteiger partial charge in [0.25, 0.3) is 0 Å². The maximum Gasteiger partial charge on any atom is 0.248 e. The van der Waals surface area contributed by atoms with Crippen LogP contribution in [0.25, 0.3) is 11.0 Å². The molecule has 2 aromatic heterocycles. The summed E-state index contributed by atoms with van der Waals surface area (Å²) >= 11 is 0. The Morgan fingerprint density at radius 3 is 2.76 bits per heavy atom. The van der Waals surface area contributed by atoms with Crippen LogP contribution in [0.1, 0.15) is 56.6 Å². The van der Waals surface area contributed by atoms with Crippen molar-refractivity contribution in [2.75, 3.05) is 24.7 Å². The van der Waals surface area contributed by atoms with Gasteiger partial charge in [0.2, 0.25) is 11.9 Å². The molecule has 0 atom stereocenters. The van der Waals surface area contributed by atoms with Gasteiger partial charge in [-0.05, 0) is 43.2 Å². The summed E-state index contributed by atoms with van der Waals surface area (Å²) in [5.74, 6) is -0.566. The average Bonchev–Trinajstić information content (AvgIpc) is 3.18. The molecule has 1 saturated carbocycles. The highest BCUT2D eigenvalue weighted by molar-refractivity contribution is 5.86. The number of unbranched alkanes of at least 4 members (excludes halogenated alkanes) is 1. The fourth-order valence-electron chi connectivity index (χ4n) is 4.49. The Labute approximate surface area is 192 Å². The SMILES string of the molecule is CCCCNc1nc(N)nc2cnn(Cc3ccc(CC4CCC(F)(F)CC4)cc3OC)c12. The molecule has 3 N–H and O–H groups in total. The first-order chi connectivity index (χ1) is 15.9. The van der Waals surface area contributed by atoms with Crippen LogP contribution < -0.4 is 15.8 Å². The van der Waals surface area contributed by atoms with Crippen molar-refractivity contribution in [3.05, 3.63) is 35.5 Å². The summed E-state index contributed by atoms with van der Waals surface area (Å²) in [6.07, 6.45) is 5.67. The lowest BCUT2D eigenvalue weighted by atomic mass is 9.83. The molecule has 0 spiro atoms. The molecular weight excluding hydrogens is 426 g/mol. The molecule has 0 saturated heterocycles. The molecule has 1 aromatic carbocycles. The van der Waals surface area contributed by atoms with Crippen LogP contribution in [0.15, 0.2) is 24.4 Å². The zero-order chi connectivity index (χ0) is 23.4. The summed E-state index contributed by atoms with van der Waals surface area (Å²) < 4.78 is 34.5. The van der Waals surface area contributed by atoms with Gasteiger partial charge in [0.05, 0.1) is 19.9 Å². The predicted octanol–water partition coefficient (Wildman–Crippen LogP) is 5.05. The third-order valence-electron chi connectivity index (χ3n) is 6.36. The van der Waals surface area contributed by atoms with Gasteiger partial charge in [-0.25, -0.2) is 13.8 Å². The number of methoxy groups -OCH3 is 1. The van der Waals surface area contributed by atoms with Gasteiger partial charge in [0.1, 0.15) is 16.8 Å². The van der Waals surface area contributed by atoms with E-state index in [4.69, 9.17) is 10.5 Å². The number of nitrogen functional groups attached to an aromatic ring is 1. The number of nitrogens with one attached hydrogen (secondary N) is 1. The quantitative estimate of drug-likeness (QED) is 0.436. The minimum atomic E-state index is -2.50. The van der Waals surface area contributed by atoms with E-state index in [-0.39, 0.29) is 24.7 Å². The van der Waals surface area contributed by atoms with Crippen molar-refractivity contribution in [1.82, 2.24) is 19.7 Å². The van der Waals surface area contributed by atoms with Crippen LogP contribution in [0.4, 0.5) is 20.5 Å². The Morgan fingerprint density at radius 1 is 1.24 bits per heavy atom. The second kappa shape index (κ2) is 9.89. The number of nitrogens with two attached hydrogens (primary N) is 1. The number of hydrogen-bond donors (Lipinski definition) is 2. The molecule has 0 aliphatic heterocycles. The number of aromatic nitrogens is 4. The van der Waals surface area contributed by atoms with Crippen molar-refractivity contribution in [3.63, 3.8) is 0 Å². The van der Waals surface area contributed by atoms with Crippen LogP contribution in [-0.2, 0) is 13.0 Å². The molecule has 178 valence electrons. The Morgan fingerprint density at radius 2 is 2.03 bits per heavy atom. The minimum Gasteiger partial charge on any atom is -0.496 e. The molecule has 4 rings (SSSR count). The van der Waals surface area contributed by atoms with E-state index in [1.54, 1.807) is 13.3 Å². The number of benzene rings is 1. The van der Waals surface area contributed by atoms with Crippen molar-refractivity contribution in [2.45, 2.75) is 64.3 Å². The van der Waals surface area contributed by atoms with Gasteiger partial charge in [0.15, 0.2) is 5.82 Å². The van der Waals surface area contributed by atoms with Crippen LogP contribution >= 0.6 is 0 Å². The van der Waals surface area contributed by atoms with E-state index in [1.165, 1.54) is 0 Å². The second-order valence-electron chi connectivity index (χ2n) is 8.90. The molecule has 2 heterocycles. The van der Waals surface area contributed by atoms with Crippen LogP contribution in [0, 0.1) is 5.92 Å². The zero-order valence-corrected chi connectivity index (χ0v) is 19.3. The van der Waals surface area contributed by atoms with Gasteiger partial charge < -0.3 is 15.8 Å². The Bertz CT molecular complexity index is 1090. The molecule has 1 fully saturated rings. The smallest absolute Gasteiger partial charge is 0.248 e. The molecule has 0 unspecified atom stereocenters. The van der Waals surface area contributed by atoms with Crippen LogP contribution in [0.3, 0.4) is 0 Å². The molecule has 0 bridgehead atoms. The predicted molar refractivity (Wildman–Crippen MR) is 126 cm³/mol. The molecule has 1 aliphatic carbocycles. The van der Waals surface area contributed by atoms with E-state index in [2.05, 4.69) is 33.4 Å². The number of rotatable bonds is 9. The van der Waals surface area contributed by atoms with Crippen molar-refractivity contribution in [2.24, 2.45) is 5.92 Å². The third kappa shape index (κ3) is 5.51. The van der Waals surface area contributed by atoms with Gasteiger partial charge >= 0.3 is 0 Å². The summed E-state index contributed by atoms with van der Waals surface area (Å²) in [7, 11) is 1.65. The number of ether oxygens (including phenoxy) is 1. The van der Waals surface area contributed by atoms with Gasteiger partial charge in [-0.15, -0.1) is 0 Å². The Hall–Kier alpha value is -2.97. The summed E-state index contributed by atoms with van der Waals surface area (Å²) in [6, 6.07) is 6.11. The molecule has 0 amide bonds. The molecule has 3 aromatic rings. The van der Waals surface area contributed by atoms with Crippen LogP contribution in [0.5, 0.6) is 5.75 Å². The first kappa shape index (κ1) is 23.2. The van der Waals surface area contributed by atoms with E-state index in [1.807, 2.05) is 16.8 Å². The van der Waals surface area contributed by atoms with Gasteiger partial charge in [-0.3, -0.25) is 4.68 Å². The molecular formula is C24H32F2N6O. The number of alkyl halides is 2. The monoisotopic (exact) mass is 458 g/mol. The maximum atomic E-state index is 13.5. The van der Waals surface area contributed by atoms with Crippen molar-refractivity contribution >= 4 is 22.8 Å². The largest absolute Gasteiger partial charge is 0.496 e. The number of halogens is 2. The first-order valence-electron chi connectivity index (χ1n) is 11.6. The zero-order valence-electron chi connectivity index (χ0n) is 19.3. The Balaban J connectivity index is 1.54. The number of anilines is 2. The summed E-state index contributed by atoms with van der Waals surface area (Å²) in [6.45, 7) is 3.41. The molecule has 1 aliphatic rings. The normalized spacial score (nSPS) is 16.2. The van der Waals surface area contributed by atoms with Crippen molar-refractivity contribution in [3.8, 4) is 5.75 Å². The number of hydrogen-bond acceptors (Lipinski definition) is 6. The molecule has 9 heteroatoms. The fraction of sp³-hybridized carbons (Fsp3) is 0.542. The second-order valence-corrected chi connectivity index (χ2v) is 8.90. The lowest BCUT2D eigenvalue weighted by Gasteiger charge is -2.28. The van der Waals surface area contributed by atoms with Crippen LogP contribution in [0.2, 0.25) is 0 Å². The molecule has 7 nitrogen and oxygen atoms in total. The van der Waals surface area contributed by atoms with Gasteiger partial charge in [0, 0.05) is 24.9 Å². The highest BCUT2D eigenvalue weighted by atomic mass is 19.3. The summed E-state index contributed by atoms with van der Waals surface area (Å²) in [5, 5.41) is 7.87. The third-order valence-corrected chi connectivity index (χ3v) is 6.36. The summed E-state index contributed by atoms with van der Waals surface area (Å²) in [4.78, 5) is 8.71. The standard InChI is InChI=1S/C24H32F2N6O/c1-3-4-11-28-22-21-19(30-23(27)31-22)14-29-32(21)15-18-6-5-17(13-20(18)33-2)12-16-7-9-24(25,26)10-8-16/h5-6,13-14,16H,3-4,7-12,15H2,1-2H3,(H3,27,28,30,31). The van der Waals surface area contributed by atoms with Crippen molar-refractivity contribution < 1.29 is 13.5 Å². The lowest BCUT2D eigenvalue weighted by molar-refractivity contribution is -0.0456. The van der Waals surface area contributed by atoms with Crippen LogP contribution in [-0.4, -0.2) is 39.3 Å². The van der Waals surface area contributed by atoms with Gasteiger partial charge in [-0.2, -0.15) is 10.1 Å². The number of nitrogens with zero attached hydrogens (tertiary/aromatic N) is 4. The average molecular weight is 459 g/mol. The van der Waals surface area contributed by atoms with E-state index in [9.17, 15) is 8.78 Å². The Kier molecular flexibility index (Phi) is 6.95. The van der Waals surface area contributed by atoms with E-state index < -0.39 is 5.92 Å². The van der Waals surface area contributed by atoms with E-state index >= 15 is 0 Å². The maximum absolute atomic E-state index is 13.5. The van der Waals surface area contributed by atoms with Crippen molar-refractivity contribution in [1.29, 1.82) is 0 Å². The fourth-order valence-corrected chi connectivity index (χ4v) is 4.49. The minimum absolute atomic E-state index is 0.0134. The number of fused-ring (bicyclic) bond motifs is 1. The first-order valence-corrected chi connectivity index (χ1v) is 11.6. The van der Waals surface area contributed by atoms with E-state index in [0.717, 1.165) is 48.2 Å². The molecule has 33 heavy (non-hydrogen) atoms. The highest BCUT2D eigenvalue weighted by Crippen LogP contribution is 2.38. The highest BCUT2D eigenvalue weighted by Gasteiger charge is 2.34. The molecule has 0 radical (unpaired) electrons. The van der Waals surface area contributed by atoms with Gasteiger partial charge in [-0.1, -0.05) is 25.5 Å². The lowest BCUT2D eigenvalue weighted by Crippen LogP contribution is -2.25. The topological polar surface area (TPSA) is 90.9 Å². The summed E-state index contributed by atoms with van der Waals surface area (Å²) in [5.41, 5.74) is 9.45. The van der Waals surface area contributed by atoms with E-state index in [0.29, 0.717) is 30.7 Å².